The Balaban J connectivity index is 4.77. The summed E-state index contributed by atoms with van der Waals surface area (Å²) in [6.07, 6.45) is -1.26. The molecule has 0 heterocycles. The van der Waals surface area contributed by atoms with Gasteiger partial charge in [-0.05, 0) is 32.1 Å². The molecule has 0 aliphatic rings. The van der Waals surface area contributed by atoms with Crippen molar-refractivity contribution in [1.29, 1.82) is 0 Å². The summed E-state index contributed by atoms with van der Waals surface area (Å²) in [5.74, 6) is -2.62. The monoisotopic (exact) mass is 566 g/mol. The van der Waals surface area contributed by atoms with Gasteiger partial charge in [-0.1, -0.05) is 68.5 Å². The van der Waals surface area contributed by atoms with Crippen LogP contribution in [0, 0.1) is 22.7 Å². The standard InChI is InChI=1S/C31H50O9/c1-19(2)26(31(11,12)18-38-28(35)21(5)6)39-25(34)16-23(32)14-13-15-24(33)37-17-30(9,10)27(20(3)4)40-29(36)22(7)8/h19-20,26-27H,5,7,13-18H2,1-4,6,8-12H3. The van der Waals surface area contributed by atoms with Gasteiger partial charge in [0.25, 0.3) is 0 Å². The number of carbonyl (C=O) groups excluding carboxylic acids is 5. The van der Waals surface area contributed by atoms with E-state index in [-0.39, 0.29) is 55.7 Å². The molecule has 0 aromatic heterocycles. The zero-order chi connectivity index (χ0) is 31.4. The van der Waals surface area contributed by atoms with Crippen molar-refractivity contribution >= 4 is 29.7 Å². The molecule has 0 aliphatic heterocycles. The maximum Gasteiger partial charge on any atom is 0.333 e. The highest BCUT2D eigenvalue weighted by Crippen LogP contribution is 2.31. The predicted octanol–water partition coefficient (Wildman–Crippen LogP) is 5.54. The van der Waals surface area contributed by atoms with E-state index in [4.69, 9.17) is 18.9 Å². The lowest BCUT2D eigenvalue weighted by Crippen LogP contribution is -2.42. The normalized spacial score (nSPS) is 13.3. The average Bonchev–Trinajstić information content (AvgIpc) is 2.82. The number of ether oxygens (including phenoxy) is 4. The largest absolute Gasteiger partial charge is 0.465 e. The van der Waals surface area contributed by atoms with E-state index in [0.29, 0.717) is 5.57 Å². The Morgan fingerprint density at radius 1 is 0.650 bits per heavy atom. The molecule has 228 valence electrons. The topological polar surface area (TPSA) is 122 Å². The number of ketones is 1. The van der Waals surface area contributed by atoms with Crippen molar-refractivity contribution in [3.63, 3.8) is 0 Å². The van der Waals surface area contributed by atoms with Crippen LogP contribution in [0.1, 0.15) is 94.9 Å². The van der Waals surface area contributed by atoms with Crippen molar-refractivity contribution in [3.8, 4) is 0 Å². The van der Waals surface area contributed by atoms with Crippen molar-refractivity contribution in [2.75, 3.05) is 13.2 Å². The molecular weight excluding hydrogens is 516 g/mol. The lowest BCUT2D eigenvalue weighted by molar-refractivity contribution is -0.165. The van der Waals surface area contributed by atoms with Gasteiger partial charge in [0.05, 0.1) is 6.61 Å². The molecule has 0 aromatic carbocycles. The predicted molar refractivity (Wildman–Crippen MR) is 152 cm³/mol. The van der Waals surface area contributed by atoms with Crippen LogP contribution in [0.25, 0.3) is 0 Å². The Kier molecular flexibility index (Phi) is 15.1. The van der Waals surface area contributed by atoms with Crippen LogP contribution in [0.15, 0.2) is 24.3 Å². The second-order valence-electron chi connectivity index (χ2n) is 12.6. The second-order valence-corrected chi connectivity index (χ2v) is 12.6. The third-order valence-corrected chi connectivity index (χ3v) is 6.30. The lowest BCUT2D eigenvalue weighted by Gasteiger charge is -2.36. The quantitative estimate of drug-likeness (QED) is 0.0910. The highest BCUT2D eigenvalue weighted by molar-refractivity contribution is 5.95. The highest BCUT2D eigenvalue weighted by atomic mass is 16.6. The van der Waals surface area contributed by atoms with Crippen molar-refractivity contribution in [1.82, 2.24) is 0 Å². The maximum absolute atomic E-state index is 12.5. The molecular formula is C31H50O9. The van der Waals surface area contributed by atoms with Gasteiger partial charge in [-0.2, -0.15) is 0 Å². The zero-order valence-electron chi connectivity index (χ0n) is 26.1. The molecule has 2 unspecified atom stereocenters. The van der Waals surface area contributed by atoms with Crippen LogP contribution in [0.4, 0.5) is 0 Å². The van der Waals surface area contributed by atoms with Crippen LogP contribution in [0.5, 0.6) is 0 Å². The first-order chi connectivity index (χ1) is 18.2. The Hall–Kier alpha value is -2.97. The number of rotatable bonds is 18. The van der Waals surface area contributed by atoms with Gasteiger partial charge >= 0.3 is 23.9 Å². The van der Waals surface area contributed by atoms with Crippen LogP contribution >= 0.6 is 0 Å². The molecule has 0 spiro atoms. The molecule has 9 heteroatoms. The van der Waals surface area contributed by atoms with E-state index in [1.165, 1.54) is 0 Å². The third kappa shape index (κ3) is 13.4. The summed E-state index contributed by atoms with van der Waals surface area (Å²) >= 11 is 0. The Labute approximate surface area is 240 Å². The molecule has 40 heavy (non-hydrogen) atoms. The van der Waals surface area contributed by atoms with E-state index < -0.39 is 53.3 Å². The van der Waals surface area contributed by atoms with Gasteiger partial charge in [-0.15, -0.1) is 0 Å². The minimum absolute atomic E-state index is 0.00447. The number of hydrogen-bond donors (Lipinski definition) is 0. The Morgan fingerprint density at radius 2 is 1.10 bits per heavy atom. The molecule has 0 amide bonds. The fourth-order valence-corrected chi connectivity index (χ4v) is 4.35. The van der Waals surface area contributed by atoms with E-state index in [2.05, 4.69) is 13.2 Å². The smallest absolute Gasteiger partial charge is 0.333 e. The second kappa shape index (κ2) is 16.3. The third-order valence-electron chi connectivity index (χ3n) is 6.30. The summed E-state index contributed by atoms with van der Waals surface area (Å²) < 4.78 is 21.9. The van der Waals surface area contributed by atoms with Crippen LogP contribution in [0.3, 0.4) is 0 Å². The van der Waals surface area contributed by atoms with Crippen LogP contribution in [-0.2, 0) is 42.9 Å². The summed E-state index contributed by atoms with van der Waals surface area (Å²) in [5, 5.41) is 0. The highest BCUT2D eigenvalue weighted by Gasteiger charge is 2.38. The first-order valence-electron chi connectivity index (χ1n) is 13.8. The van der Waals surface area contributed by atoms with Gasteiger partial charge in [-0.3, -0.25) is 14.4 Å². The maximum atomic E-state index is 12.5. The van der Waals surface area contributed by atoms with E-state index >= 15 is 0 Å². The molecule has 0 radical (unpaired) electrons. The summed E-state index contributed by atoms with van der Waals surface area (Å²) in [7, 11) is 0. The van der Waals surface area contributed by atoms with Crippen molar-refractivity contribution in [2.45, 2.75) is 107 Å². The molecule has 0 fully saturated rings. The number of Topliss-reactive ketones (excluding diaryl/α,β-unsaturated/α-hetero) is 1. The van der Waals surface area contributed by atoms with Crippen LogP contribution in [-0.4, -0.2) is 55.1 Å². The first-order valence-corrected chi connectivity index (χ1v) is 13.8. The fraction of sp³-hybridized carbons (Fsp3) is 0.710. The number of hydrogen-bond acceptors (Lipinski definition) is 9. The van der Waals surface area contributed by atoms with Crippen LogP contribution in [0.2, 0.25) is 0 Å². The van der Waals surface area contributed by atoms with E-state index in [1.807, 2.05) is 55.4 Å². The van der Waals surface area contributed by atoms with E-state index in [1.54, 1.807) is 13.8 Å². The Morgan fingerprint density at radius 3 is 1.55 bits per heavy atom. The summed E-state index contributed by atoms with van der Waals surface area (Å²) in [6, 6.07) is 0. The minimum atomic E-state index is -0.688. The summed E-state index contributed by atoms with van der Waals surface area (Å²) in [5.41, 5.74) is -0.763. The van der Waals surface area contributed by atoms with Gasteiger partial charge < -0.3 is 18.9 Å². The summed E-state index contributed by atoms with van der Waals surface area (Å²) in [6.45, 7) is 25.3. The van der Waals surface area contributed by atoms with Crippen molar-refractivity contribution < 1.29 is 42.9 Å². The summed E-state index contributed by atoms with van der Waals surface area (Å²) in [4.78, 5) is 61.0. The molecule has 0 aliphatic carbocycles. The fourth-order valence-electron chi connectivity index (χ4n) is 4.35. The number of esters is 4. The van der Waals surface area contributed by atoms with E-state index in [9.17, 15) is 24.0 Å². The molecule has 0 aromatic rings. The SMILES string of the molecule is C=C(C)C(=O)OCC(C)(C)C(OC(=O)CC(=O)CCCC(=O)OCC(C)(C)C(OC(=O)C(=C)C)C(C)C)C(C)C. The van der Waals surface area contributed by atoms with Gasteiger partial charge in [0.15, 0.2) is 0 Å². The molecule has 0 N–H and O–H groups in total. The van der Waals surface area contributed by atoms with Gasteiger partial charge in [0.2, 0.25) is 0 Å². The minimum Gasteiger partial charge on any atom is -0.465 e. The lowest BCUT2D eigenvalue weighted by atomic mass is 9.81. The van der Waals surface area contributed by atoms with Crippen LogP contribution < -0.4 is 0 Å². The van der Waals surface area contributed by atoms with Gasteiger partial charge in [-0.25, -0.2) is 9.59 Å². The number of carbonyl (C=O) groups is 5. The molecule has 0 saturated carbocycles. The molecule has 0 saturated heterocycles. The van der Waals surface area contributed by atoms with Crippen molar-refractivity contribution in [3.05, 3.63) is 24.3 Å². The first kappa shape index (κ1) is 37.0. The molecule has 0 bridgehead atoms. The molecule has 0 rings (SSSR count). The zero-order valence-corrected chi connectivity index (χ0v) is 26.1. The average molecular weight is 567 g/mol. The molecule has 9 nitrogen and oxygen atoms in total. The molecule has 2 atom stereocenters. The van der Waals surface area contributed by atoms with Crippen molar-refractivity contribution in [2.24, 2.45) is 22.7 Å². The van der Waals surface area contributed by atoms with Gasteiger partial charge in [0, 0.05) is 34.8 Å². The van der Waals surface area contributed by atoms with Gasteiger partial charge in [0.1, 0.15) is 31.0 Å². The van der Waals surface area contributed by atoms with E-state index in [0.717, 1.165) is 0 Å². The Bertz CT molecular complexity index is 940.